The Balaban J connectivity index is 0.00000161. The van der Waals surface area contributed by atoms with Crippen molar-refractivity contribution in [3.05, 3.63) is 17.7 Å². The second-order valence-electron chi connectivity index (χ2n) is 5.67. The predicted molar refractivity (Wildman–Crippen MR) is 83.4 cm³/mol. The van der Waals surface area contributed by atoms with Crippen LogP contribution in [0.3, 0.4) is 0 Å². The van der Waals surface area contributed by atoms with E-state index in [1.807, 2.05) is 12.1 Å². The van der Waals surface area contributed by atoms with Gasteiger partial charge < -0.3 is 19.9 Å². The number of nitrogens with two attached hydrogens (primary N) is 1. The number of halogens is 1. The summed E-state index contributed by atoms with van der Waals surface area (Å²) >= 11 is 0. The zero-order valence-corrected chi connectivity index (χ0v) is 13.3. The lowest BCUT2D eigenvalue weighted by Gasteiger charge is -2.18. The molecular weight excluding hydrogens is 292 g/mol. The molecule has 1 aromatic rings. The number of benzene rings is 1. The molecule has 118 valence electrons. The second-order valence-corrected chi connectivity index (χ2v) is 5.67. The average molecular weight is 315 g/mol. The fourth-order valence-corrected chi connectivity index (χ4v) is 2.97. The monoisotopic (exact) mass is 314 g/mol. The molecule has 0 spiro atoms. The molecule has 0 saturated carbocycles. The molecule has 3 rings (SSSR count). The van der Waals surface area contributed by atoms with Gasteiger partial charge in [0.1, 0.15) is 0 Å². The lowest BCUT2D eigenvalue weighted by Crippen LogP contribution is -2.29. The van der Waals surface area contributed by atoms with Crippen LogP contribution in [0.5, 0.6) is 17.2 Å². The first-order chi connectivity index (χ1) is 9.67. The van der Waals surface area contributed by atoms with Crippen molar-refractivity contribution in [2.24, 2.45) is 11.7 Å². The van der Waals surface area contributed by atoms with Crippen molar-refractivity contribution in [3.8, 4) is 17.2 Å². The zero-order chi connectivity index (χ0) is 14.1. The molecule has 5 nitrogen and oxygen atoms in total. The number of methoxy groups -OCH3 is 1. The Hall–Kier alpha value is -1.17. The molecule has 6 heteroatoms. The molecule has 2 aliphatic heterocycles. The molecule has 0 aromatic heterocycles. The van der Waals surface area contributed by atoms with Crippen LogP contribution >= 0.6 is 12.4 Å². The van der Waals surface area contributed by atoms with E-state index >= 15 is 0 Å². The summed E-state index contributed by atoms with van der Waals surface area (Å²) in [5.74, 6) is 2.84. The Bertz CT molecular complexity index is 496. The maximum Gasteiger partial charge on any atom is 0.231 e. The van der Waals surface area contributed by atoms with Crippen LogP contribution < -0.4 is 19.9 Å². The lowest BCUT2D eigenvalue weighted by atomic mass is 10.0. The highest BCUT2D eigenvalue weighted by Gasteiger charge is 2.26. The highest BCUT2D eigenvalue weighted by Crippen LogP contribution is 2.42. The fraction of sp³-hybridized carbons (Fsp3) is 0.600. The van der Waals surface area contributed by atoms with Crippen LogP contribution in [0, 0.1) is 5.92 Å². The molecular formula is C15H23ClN2O3. The van der Waals surface area contributed by atoms with Crippen molar-refractivity contribution in [1.29, 1.82) is 0 Å². The van der Waals surface area contributed by atoms with Crippen LogP contribution in [0.4, 0.5) is 0 Å². The molecule has 2 heterocycles. The largest absolute Gasteiger partial charge is 0.493 e. The van der Waals surface area contributed by atoms with Gasteiger partial charge >= 0.3 is 0 Å². The summed E-state index contributed by atoms with van der Waals surface area (Å²) in [6, 6.07) is 4.35. The van der Waals surface area contributed by atoms with Crippen LogP contribution in [0.15, 0.2) is 12.1 Å². The van der Waals surface area contributed by atoms with E-state index in [1.54, 1.807) is 7.11 Å². The summed E-state index contributed by atoms with van der Waals surface area (Å²) in [5, 5.41) is 0. The van der Waals surface area contributed by atoms with E-state index < -0.39 is 0 Å². The van der Waals surface area contributed by atoms with Gasteiger partial charge in [-0.15, -0.1) is 12.4 Å². The van der Waals surface area contributed by atoms with Gasteiger partial charge in [-0.1, -0.05) is 0 Å². The van der Waals surface area contributed by atoms with Crippen molar-refractivity contribution in [2.75, 3.05) is 27.0 Å². The first-order valence-electron chi connectivity index (χ1n) is 7.12. The maximum atomic E-state index is 5.99. The summed E-state index contributed by atoms with van der Waals surface area (Å²) < 4.78 is 16.3. The van der Waals surface area contributed by atoms with Crippen LogP contribution in [0.1, 0.15) is 18.9 Å². The Morgan fingerprint density at radius 3 is 2.90 bits per heavy atom. The Morgan fingerprint density at radius 1 is 1.43 bits per heavy atom. The van der Waals surface area contributed by atoms with Gasteiger partial charge in [0.2, 0.25) is 12.5 Å². The van der Waals surface area contributed by atoms with Crippen molar-refractivity contribution in [2.45, 2.75) is 25.9 Å². The van der Waals surface area contributed by atoms with Gasteiger partial charge in [-0.3, -0.25) is 4.90 Å². The molecule has 2 aliphatic rings. The van der Waals surface area contributed by atoms with E-state index in [9.17, 15) is 0 Å². The average Bonchev–Trinajstić information content (AvgIpc) is 3.06. The van der Waals surface area contributed by atoms with E-state index in [1.165, 1.54) is 12.0 Å². The van der Waals surface area contributed by atoms with Gasteiger partial charge in [-0.25, -0.2) is 0 Å². The Kier molecular flexibility index (Phi) is 5.19. The lowest BCUT2D eigenvalue weighted by molar-refractivity contribution is 0.171. The van der Waals surface area contributed by atoms with Crippen LogP contribution in [0.25, 0.3) is 0 Å². The zero-order valence-electron chi connectivity index (χ0n) is 12.5. The van der Waals surface area contributed by atoms with Gasteiger partial charge in [-0.2, -0.15) is 0 Å². The molecule has 2 unspecified atom stereocenters. The van der Waals surface area contributed by atoms with E-state index in [-0.39, 0.29) is 25.2 Å². The Labute approximate surface area is 131 Å². The minimum Gasteiger partial charge on any atom is -0.493 e. The number of hydrogen-bond acceptors (Lipinski definition) is 5. The molecule has 21 heavy (non-hydrogen) atoms. The standard InChI is InChI=1S/C15H22N2O3.ClH/c1-10(16)12-3-4-17(8-12)7-11-5-13(18-2)15-14(6-11)19-9-20-15;/h5-6,10,12H,3-4,7-9,16H2,1-2H3;1H. The normalized spacial score (nSPS) is 22.0. The van der Waals surface area contributed by atoms with Crippen molar-refractivity contribution in [1.82, 2.24) is 4.90 Å². The Morgan fingerprint density at radius 2 is 2.24 bits per heavy atom. The molecule has 1 saturated heterocycles. The van der Waals surface area contributed by atoms with E-state index in [0.29, 0.717) is 11.7 Å². The molecule has 2 atom stereocenters. The number of nitrogens with zero attached hydrogens (tertiary/aromatic N) is 1. The topological polar surface area (TPSA) is 57.0 Å². The van der Waals surface area contributed by atoms with Gasteiger partial charge in [0.05, 0.1) is 7.11 Å². The minimum atomic E-state index is 0. The summed E-state index contributed by atoms with van der Waals surface area (Å²) in [7, 11) is 1.66. The summed E-state index contributed by atoms with van der Waals surface area (Å²) in [4.78, 5) is 2.44. The van der Waals surface area contributed by atoms with E-state index in [2.05, 4.69) is 11.8 Å². The fourth-order valence-electron chi connectivity index (χ4n) is 2.97. The van der Waals surface area contributed by atoms with Crippen molar-refractivity contribution >= 4 is 12.4 Å². The molecule has 0 amide bonds. The SMILES string of the molecule is COc1cc(CN2CCC(C(C)N)C2)cc2c1OCO2.Cl. The third-order valence-corrected chi connectivity index (χ3v) is 4.18. The predicted octanol–water partition coefficient (Wildman–Crippen LogP) is 2.01. The van der Waals surface area contributed by atoms with Crippen LogP contribution in [0.2, 0.25) is 0 Å². The third kappa shape index (κ3) is 3.36. The van der Waals surface area contributed by atoms with E-state index in [0.717, 1.165) is 31.1 Å². The molecule has 0 bridgehead atoms. The maximum absolute atomic E-state index is 5.99. The van der Waals surface area contributed by atoms with Crippen LogP contribution in [-0.4, -0.2) is 37.9 Å². The molecule has 1 aromatic carbocycles. The number of hydrogen-bond donors (Lipinski definition) is 1. The van der Waals surface area contributed by atoms with Gasteiger partial charge in [0, 0.05) is 19.1 Å². The molecule has 2 N–H and O–H groups in total. The third-order valence-electron chi connectivity index (χ3n) is 4.18. The quantitative estimate of drug-likeness (QED) is 0.921. The molecule has 0 radical (unpaired) electrons. The summed E-state index contributed by atoms with van der Waals surface area (Å²) in [6.45, 7) is 5.43. The minimum absolute atomic E-state index is 0. The number of fused-ring (bicyclic) bond motifs is 1. The first-order valence-corrected chi connectivity index (χ1v) is 7.12. The van der Waals surface area contributed by atoms with Crippen LogP contribution in [-0.2, 0) is 6.54 Å². The number of rotatable bonds is 4. The van der Waals surface area contributed by atoms with Crippen molar-refractivity contribution in [3.63, 3.8) is 0 Å². The smallest absolute Gasteiger partial charge is 0.231 e. The second kappa shape index (κ2) is 6.73. The van der Waals surface area contributed by atoms with E-state index in [4.69, 9.17) is 19.9 Å². The van der Waals surface area contributed by atoms with Crippen molar-refractivity contribution < 1.29 is 14.2 Å². The highest BCUT2D eigenvalue weighted by atomic mass is 35.5. The summed E-state index contributed by atoms with van der Waals surface area (Å²) in [6.07, 6.45) is 1.18. The number of ether oxygens (including phenoxy) is 3. The van der Waals surface area contributed by atoms with Gasteiger partial charge in [-0.05, 0) is 43.5 Å². The summed E-state index contributed by atoms with van der Waals surface area (Å²) in [5.41, 5.74) is 7.18. The van der Waals surface area contributed by atoms with Gasteiger partial charge in [0.25, 0.3) is 0 Å². The first kappa shape index (κ1) is 16.2. The molecule has 0 aliphatic carbocycles. The number of likely N-dealkylation sites (tertiary alicyclic amines) is 1. The highest BCUT2D eigenvalue weighted by molar-refractivity contribution is 5.85. The molecule has 1 fully saturated rings. The van der Waals surface area contributed by atoms with Gasteiger partial charge in [0.15, 0.2) is 11.5 Å².